The van der Waals surface area contributed by atoms with Gasteiger partial charge in [0.25, 0.3) is 0 Å². The van der Waals surface area contributed by atoms with Crippen molar-refractivity contribution in [2.75, 3.05) is 38.9 Å². The maximum absolute atomic E-state index is 11.4. The highest BCUT2D eigenvalue weighted by Gasteiger charge is 2.20. The van der Waals surface area contributed by atoms with E-state index in [0.29, 0.717) is 25.4 Å². The van der Waals surface area contributed by atoms with Gasteiger partial charge in [-0.25, -0.2) is 4.79 Å². The van der Waals surface area contributed by atoms with E-state index in [-0.39, 0.29) is 11.6 Å². The number of nitrogens with zero attached hydrogens (tertiary/aromatic N) is 1. The van der Waals surface area contributed by atoms with E-state index in [9.17, 15) is 9.90 Å². The van der Waals surface area contributed by atoms with Crippen LogP contribution in [-0.4, -0.2) is 51.1 Å². The summed E-state index contributed by atoms with van der Waals surface area (Å²) in [7, 11) is 3.25. The summed E-state index contributed by atoms with van der Waals surface area (Å²) >= 11 is 3.30. The number of aromatic carboxylic acids is 1. The number of hydrogen-bond donors (Lipinski definition) is 1. The van der Waals surface area contributed by atoms with Gasteiger partial charge in [-0.2, -0.15) is 0 Å². The molecular weight excluding hydrogens is 326 g/mol. The van der Waals surface area contributed by atoms with E-state index < -0.39 is 5.97 Å². The fourth-order valence-corrected chi connectivity index (χ4v) is 2.39. The lowest BCUT2D eigenvalue weighted by Crippen LogP contribution is -2.39. The molecule has 6 heteroatoms. The number of anilines is 1. The Labute approximate surface area is 127 Å². The lowest BCUT2D eigenvalue weighted by molar-refractivity contribution is 0.0697. The first kappa shape index (κ1) is 16.9. The number of benzene rings is 1. The van der Waals surface area contributed by atoms with Crippen molar-refractivity contribution in [3.8, 4) is 0 Å². The van der Waals surface area contributed by atoms with Crippen LogP contribution in [0.3, 0.4) is 0 Å². The van der Waals surface area contributed by atoms with Crippen molar-refractivity contribution < 1.29 is 19.4 Å². The SMILES string of the molecule is COCCN(c1ccc(Br)cc1C(=O)O)C(C)COC. The smallest absolute Gasteiger partial charge is 0.337 e. The Kier molecular flexibility index (Phi) is 6.98. The normalized spacial score (nSPS) is 12.2. The van der Waals surface area contributed by atoms with Crippen LogP contribution in [0.5, 0.6) is 0 Å². The summed E-state index contributed by atoms with van der Waals surface area (Å²) in [6.07, 6.45) is 0. The minimum atomic E-state index is -0.951. The summed E-state index contributed by atoms with van der Waals surface area (Å²) in [4.78, 5) is 13.4. The van der Waals surface area contributed by atoms with Gasteiger partial charge in [0.15, 0.2) is 0 Å². The maximum Gasteiger partial charge on any atom is 0.337 e. The number of rotatable bonds is 8. The molecule has 1 unspecified atom stereocenters. The van der Waals surface area contributed by atoms with Crippen LogP contribution < -0.4 is 4.90 Å². The largest absolute Gasteiger partial charge is 0.478 e. The third kappa shape index (κ3) is 4.47. The molecule has 0 heterocycles. The zero-order chi connectivity index (χ0) is 15.1. The minimum Gasteiger partial charge on any atom is -0.478 e. The van der Waals surface area contributed by atoms with Gasteiger partial charge < -0.3 is 19.5 Å². The van der Waals surface area contributed by atoms with Gasteiger partial charge in [0.1, 0.15) is 0 Å². The summed E-state index contributed by atoms with van der Waals surface area (Å²) in [6, 6.07) is 5.29. The average Bonchev–Trinajstić information content (AvgIpc) is 2.40. The van der Waals surface area contributed by atoms with E-state index in [1.807, 2.05) is 17.9 Å². The lowest BCUT2D eigenvalue weighted by Gasteiger charge is -2.32. The highest BCUT2D eigenvalue weighted by atomic mass is 79.9. The number of halogens is 1. The highest BCUT2D eigenvalue weighted by Crippen LogP contribution is 2.26. The van der Waals surface area contributed by atoms with E-state index in [2.05, 4.69) is 15.9 Å². The zero-order valence-electron chi connectivity index (χ0n) is 11.9. The summed E-state index contributed by atoms with van der Waals surface area (Å²) in [6.45, 7) is 3.62. The molecule has 0 aliphatic heterocycles. The van der Waals surface area contributed by atoms with Crippen LogP contribution in [0.2, 0.25) is 0 Å². The summed E-state index contributed by atoms with van der Waals surface area (Å²) in [5.74, 6) is -0.951. The van der Waals surface area contributed by atoms with Crippen molar-refractivity contribution in [2.24, 2.45) is 0 Å². The van der Waals surface area contributed by atoms with Gasteiger partial charge in [0, 0.05) is 31.3 Å². The van der Waals surface area contributed by atoms with Crippen molar-refractivity contribution in [2.45, 2.75) is 13.0 Å². The van der Waals surface area contributed by atoms with Crippen molar-refractivity contribution in [3.63, 3.8) is 0 Å². The molecular formula is C14H20BrNO4. The molecule has 1 aromatic carbocycles. The molecule has 0 radical (unpaired) electrons. The molecule has 1 aromatic rings. The molecule has 20 heavy (non-hydrogen) atoms. The Hall–Kier alpha value is -1.11. The molecule has 1 rings (SSSR count). The van der Waals surface area contributed by atoms with E-state index in [4.69, 9.17) is 9.47 Å². The number of ether oxygens (including phenoxy) is 2. The maximum atomic E-state index is 11.4. The topological polar surface area (TPSA) is 59.0 Å². The number of carboxylic acid groups (broad SMARTS) is 1. The number of methoxy groups -OCH3 is 2. The minimum absolute atomic E-state index is 0.0504. The molecule has 0 aliphatic rings. The fraction of sp³-hybridized carbons (Fsp3) is 0.500. The quantitative estimate of drug-likeness (QED) is 0.784. The zero-order valence-corrected chi connectivity index (χ0v) is 13.5. The van der Waals surface area contributed by atoms with Gasteiger partial charge in [0.05, 0.1) is 24.5 Å². The van der Waals surface area contributed by atoms with Crippen LogP contribution >= 0.6 is 15.9 Å². The van der Waals surface area contributed by atoms with Crippen LogP contribution in [0.4, 0.5) is 5.69 Å². The van der Waals surface area contributed by atoms with E-state index in [1.54, 1.807) is 26.4 Å². The van der Waals surface area contributed by atoms with Crippen molar-refractivity contribution in [1.82, 2.24) is 0 Å². The molecule has 112 valence electrons. The highest BCUT2D eigenvalue weighted by molar-refractivity contribution is 9.10. The van der Waals surface area contributed by atoms with Gasteiger partial charge in [-0.1, -0.05) is 15.9 Å². The van der Waals surface area contributed by atoms with Gasteiger partial charge >= 0.3 is 5.97 Å². The molecule has 0 saturated heterocycles. The molecule has 0 fully saturated rings. The molecule has 0 amide bonds. The van der Waals surface area contributed by atoms with Gasteiger partial charge in [-0.3, -0.25) is 0 Å². The molecule has 0 aromatic heterocycles. The van der Waals surface area contributed by atoms with E-state index >= 15 is 0 Å². The molecule has 5 nitrogen and oxygen atoms in total. The molecule has 0 aliphatic carbocycles. The monoisotopic (exact) mass is 345 g/mol. The average molecular weight is 346 g/mol. The third-order valence-electron chi connectivity index (χ3n) is 2.97. The van der Waals surface area contributed by atoms with Crippen molar-refractivity contribution >= 4 is 27.6 Å². The molecule has 0 spiro atoms. The molecule has 0 bridgehead atoms. The standard InChI is InChI=1S/C14H20BrNO4/c1-10(9-20-3)16(6-7-19-2)13-5-4-11(15)8-12(13)14(17)18/h4-5,8,10H,6-7,9H2,1-3H3,(H,17,18). The second kappa shape index (κ2) is 8.24. The van der Waals surface area contributed by atoms with Crippen LogP contribution in [0.1, 0.15) is 17.3 Å². The number of carbonyl (C=O) groups is 1. The van der Waals surface area contributed by atoms with Crippen LogP contribution in [0.25, 0.3) is 0 Å². The van der Waals surface area contributed by atoms with Crippen molar-refractivity contribution in [1.29, 1.82) is 0 Å². The van der Waals surface area contributed by atoms with Crippen LogP contribution in [0, 0.1) is 0 Å². The van der Waals surface area contributed by atoms with E-state index in [0.717, 1.165) is 4.47 Å². The Morgan fingerprint density at radius 2 is 2.10 bits per heavy atom. The van der Waals surface area contributed by atoms with Gasteiger partial charge in [-0.15, -0.1) is 0 Å². The van der Waals surface area contributed by atoms with E-state index in [1.165, 1.54) is 0 Å². The first-order valence-corrected chi connectivity index (χ1v) is 7.08. The Bertz CT molecular complexity index is 453. The third-order valence-corrected chi connectivity index (χ3v) is 3.47. The lowest BCUT2D eigenvalue weighted by atomic mass is 10.1. The Morgan fingerprint density at radius 3 is 2.65 bits per heavy atom. The van der Waals surface area contributed by atoms with Gasteiger partial charge in [0.2, 0.25) is 0 Å². The van der Waals surface area contributed by atoms with Gasteiger partial charge in [-0.05, 0) is 25.1 Å². The second-order valence-electron chi connectivity index (χ2n) is 4.46. The summed E-state index contributed by atoms with van der Waals surface area (Å²) < 4.78 is 11.0. The number of hydrogen-bond acceptors (Lipinski definition) is 4. The first-order valence-electron chi connectivity index (χ1n) is 6.28. The molecule has 1 N–H and O–H groups in total. The fourth-order valence-electron chi connectivity index (χ4n) is 2.03. The Balaban J connectivity index is 3.14. The summed E-state index contributed by atoms with van der Waals surface area (Å²) in [5.41, 5.74) is 0.931. The summed E-state index contributed by atoms with van der Waals surface area (Å²) in [5, 5.41) is 9.37. The second-order valence-corrected chi connectivity index (χ2v) is 5.37. The predicted molar refractivity (Wildman–Crippen MR) is 81.7 cm³/mol. The van der Waals surface area contributed by atoms with Crippen LogP contribution in [-0.2, 0) is 9.47 Å². The first-order chi connectivity index (χ1) is 9.51. The predicted octanol–water partition coefficient (Wildman–Crippen LogP) is 2.64. The van der Waals surface area contributed by atoms with Crippen molar-refractivity contribution in [3.05, 3.63) is 28.2 Å². The Morgan fingerprint density at radius 1 is 1.40 bits per heavy atom. The molecule has 1 atom stereocenters. The van der Waals surface area contributed by atoms with Crippen LogP contribution in [0.15, 0.2) is 22.7 Å². The number of carboxylic acids is 1. The molecule has 0 saturated carbocycles.